The molecule has 2 fully saturated rings. The molecule has 1 aromatic carbocycles. The van der Waals surface area contributed by atoms with E-state index in [0.29, 0.717) is 62.7 Å². The van der Waals surface area contributed by atoms with Crippen molar-refractivity contribution in [3.63, 3.8) is 0 Å². The lowest BCUT2D eigenvalue weighted by molar-refractivity contribution is -0.0457. The maximum absolute atomic E-state index is 13.1. The average Bonchev–Trinajstić information content (AvgIpc) is 3.13. The van der Waals surface area contributed by atoms with Crippen LogP contribution in [0.3, 0.4) is 0 Å². The lowest BCUT2D eigenvalue weighted by Crippen LogP contribution is -2.57. The number of hydrogen-bond acceptors (Lipinski definition) is 7. The Kier molecular flexibility index (Phi) is 5.54. The molecule has 32 heavy (non-hydrogen) atoms. The van der Waals surface area contributed by atoms with Crippen molar-refractivity contribution in [2.24, 2.45) is 0 Å². The second-order valence-electron chi connectivity index (χ2n) is 8.55. The second kappa shape index (κ2) is 8.23. The number of morpholine rings is 1. The summed E-state index contributed by atoms with van der Waals surface area (Å²) < 4.78 is 40.6. The molecule has 0 aliphatic carbocycles. The Balaban J connectivity index is 1.28. The number of nitrogens with one attached hydrogen (secondary N) is 1. The summed E-state index contributed by atoms with van der Waals surface area (Å²) in [5.74, 6) is 0.543. The Bertz CT molecular complexity index is 1280. The summed E-state index contributed by atoms with van der Waals surface area (Å²) in [4.78, 5) is 22.0. The van der Waals surface area contributed by atoms with Crippen molar-refractivity contribution in [1.29, 1.82) is 0 Å². The summed E-state index contributed by atoms with van der Waals surface area (Å²) in [6.07, 6.45) is -0.238. The van der Waals surface area contributed by atoms with Crippen LogP contribution in [0.1, 0.15) is 19.7 Å². The monoisotopic (exact) mass is 461 g/mol. The average molecular weight is 462 g/mol. The summed E-state index contributed by atoms with van der Waals surface area (Å²) in [7, 11) is -3.53. The van der Waals surface area contributed by atoms with Crippen LogP contribution < -0.4 is 5.56 Å². The van der Waals surface area contributed by atoms with Crippen molar-refractivity contribution in [2.75, 3.05) is 39.3 Å². The predicted octanol–water partition coefficient (Wildman–Crippen LogP) is 1.14. The van der Waals surface area contributed by atoms with Gasteiger partial charge in [0.1, 0.15) is 16.9 Å². The molecular formula is C21H27N5O5S. The van der Waals surface area contributed by atoms with Crippen LogP contribution in [0.2, 0.25) is 0 Å². The van der Waals surface area contributed by atoms with E-state index in [2.05, 4.69) is 14.9 Å². The van der Waals surface area contributed by atoms with Gasteiger partial charge >= 0.3 is 0 Å². The zero-order valence-corrected chi connectivity index (χ0v) is 19.0. The number of rotatable bonds is 4. The third-order valence-corrected chi connectivity index (χ3v) is 7.99. The molecule has 11 heteroatoms. The molecular weight excluding hydrogens is 434 g/mol. The number of H-pyrrole nitrogens is 1. The number of ether oxygens (including phenoxy) is 1. The van der Waals surface area contributed by atoms with Crippen LogP contribution in [-0.4, -0.2) is 83.4 Å². The number of nitrogens with zero attached hydrogens (tertiary/aromatic N) is 4. The van der Waals surface area contributed by atoms with Crippen molar-refractivity contribution in [2.45, 2.75) is 32.6 Å². The molecule has 5 rings (SSSR count). The molecule has 0 bridgehead atoms. The summed E-state index contributed by atoms with van der Waals surface area (Å²) >= 11 is 0. The van der Waals surface area contributed by atoms with Gasteiger partial charge in [-0.3, -0.25) is 9.69 Å². The fourth-order valence-electron chi connectivity index (χ4n) is 4.53. The highest BCUT2D eigenvalue weighted by Crippen LogP contribution is 2.25. The number of piperazine rings is 1. The molecule has 0 amide bonds. The first kappa shape index (κ1) is 21.5. The fourth-order valence-corrected chi connectivity index (χ4v) is 6.28. The zero-order chi connectivity index (χ0) is 22.5. The van der Waals surface area contributed by atoms with Crippen LogP contribution in [0.15, 0.2) is 33.5 Å². The Labute approximate surface area is 185 Å². The molecule has 1 N–H and O–H groups in total. The smallest absolute Gasteiger partial charge is 0.294 e. The third-order valence-electron chi connectivity index (χ3n) is 6.02. The van der Waals surface area contributed by atoms with Crippen LogP contribution in [0.25, 0.3) is 22.1 Å². The molecule has 2 aliphatic heterocycles. The Morgan fingerprint density at radius 2 is 1.75 bits per heavy atom. The zero-order valence-electron chi connectivity index (χ0n) is 18.2. The van der Waals surface area contributed by atoms with Gasteiger partial charge in [-0.05, 0) is 26.0 Å². The molecule has 2 saturated heterocycles. The Morgan fingerprint density at radius 1 is 1.06 bits per heavy atom. The molecule has 0 radical (unpaired) electrons. The van der Waals surface area contributed by atoms with E-state index < -0.39 is 10.2 Å². The molecule has 2 atom stereocenters. The first-order valence-electron chi connectivity index (χ1n) is 10.8. The van der Waals surface area contributed by atoms with Crippen molar-refractivity contribution >= 4 is 32.3 Å². The minimum Gasteiger partial charge on any atom is -0.449 e. The number of fused-ring (bicyclic) bond motifs is 3. The standard InChI is InChI=1S/C21H27N5O5S/c1-14-11-26(12-15(2)30-14)32(28,29)25-9-7-24(8-10-25)13-18-22-19-16-5-3-4-6-17(16)31-20(19)21(27)23-18/h3-6,14-15H,7-13H2,1-2H3,(H,22,23,27). The van der Waals surface area contributed by atoms with E-state index in [4.69, 9.17) is 9.15 Å². The molecule has 4 heterocycles. The number of para-hydroxylation sites is 1. The first-order valence-corrected chi connectivity index (χ1v) is 12.2. The highest BCUT2D eigenvalue weighted by Gasteiger charge is 2.36. The quantitative estimate of drug-likeness (QED) is 0.620. The second-order valence-corrected chi connectivity index (χ2v) is 10.5. The van der Waals surface area contributed by atoms with E-state index in [1.54, 1.807) is 0 Å². The molecule has 172 valence electrons. The first-order chi connectivity index (χ1) is 15.3. The topological polar surface area (TPSA) is 112 Å². The number of aromatic nitrogens is 2. The van der Waals surface area contributed by atoms with Crippen LogP contribution in [0.5, 0.6) is 0 Å². The van der Waals surface area contributed by atoms with Gasteiger partial charge in [0.05, 0.1) is 18.8 Å². The fraction of sp³-hybridized carbons (Fsp3) is 0.524. The van der Waals surface area contributed by atoms with Crippen molar-refractivity contribution in [1.82, 2.24) is 23.5 Å². The summed E-state index contributed by atoms with van der Waals surface area (Å²) in [6.45, 7) is 6.86. The number of aromatic amines is 1. The lowest BCUT2D eigenvalue weighted by atomic mass is 10.2. The van der Waals surface area contributed by atoms with Gasteiger partial charge in [-0.1, -0.05) is 12.1 Å². The Hall–Kier alpha value is -2.31. The third kappa shape index (κ3) is 3.95. The number of benzene rings is 1. The molecule has 2 aromatic heterocycles. The van der Waals surface area contributed by atoms with E-state index in [1.165, 1.54) is 8.61 Å². The highest BCUT2D eigenvalue weighted by atomic mass is 32.2. The van der Waals surface area contributed by atoms with Gasteiger partial charge in [0, 0.05) is 44.7 Å². The lowest BCUT2D eigenvalue weighted by Gasteiger charge is -2.40. The van der Waals surface area contributed by atoms with Crippen LogP contribution in [-0.2, 0) is 21.5 Å². The minimum absolute atomic E-state index is 0.119. The molecule has 0 saturated carbocycles. The normalized spacial score (nSPS) is 24.4. The van der Waals surface area contributed by atoms with E-state index in [0.717, 1.165) is 5.39 Å². The number of furan rings is 1. The van der Waals surface area contributed by atoms with Crippen molar-refractivity contribution in [3.05, 3.63) is 40.4 Å². The van der Waals surface area contributed by atoms with Crippen LogP contribution in [0, 0.1) is 0 Å². The molecule has 2 unspecified atom stereocenters. The Morgan fingerprint density at radius 3 is 2.47 bits per heavy atom. The van der Waals surface area contributed by atoms with Gasteiger partial charge in [-0.25, -0.2) is 4.98 Å². The van der Waals surface area contributed by atoms with Crippen molar-refractivity contribution < 1.29 is 17.6 Å². The molecule has 10 nitrogen and oxygen atoms in total. The van der Waals surface area contributed by atoms with Gasteiger partial charge < -0.3 is 14.1 Å². The number of hydrogen-bond donors (Lipinski definition) is 1. The highest BCUT2D eigenvalue weighted by molar-refractivity contribution is 7.86. The van der Waals surface area contributed by atoms with Crippen molar-refractivity contribution in [3.8, 4) is 0 Å². The molecule has 2 aliphatic rings. The van der Waals surface area contributed by atoms with Gasteiger partial charge in [-0.15, -0.1) is 0 Å². The van der Waals surface area contributed by atoms with E-state index in [-0.39, 0.29) is 23.4 Å². The van der Waals surface area contributed by atoms with Crippen LogP contribution >= 0.6 is 0 Å². The minimum atomic E-state index is -3.53. The van der Waals surface area contributed by atoms with Gasteiger partial charge in [0.25, 0.3) is 15.8 Å². The van der Waals surface area contributed by atoms with E-state index in [9.17, 15) is 13.2 Å². The largest absolute Gasteiger partial charge is 0.449 e. The van der Waals surface area contributed by atoms with Crippen LogP contribution in [0.4, 0.5) is 0 Å². The molecule has 0 spiro atoms. The van der Waals surface area contributed by atoms with Gasteiger partial charge in [0.15, 0.2) is 0 Å². The molecule has 3 aromatic rings. The maximum atomic E-state index is 13.1. The van der Waals surface area contributed by atoms with Gasteiger partial charge in [-0.2, -0.15) is 17.0 Å². The maximum Gasteiger partial charge on any atom is 0.294 e. The SMILES string of the molecule is CC1CN(S(=O)(=O)N2CCN(Cc3nc4c(oc5ccccc54)c(=O)[nH]3)CC2)CC(C)O1. The van der Waals surface area contributed by atoms with E-state index in [1.807, 2.05) is 38.1 Å². The summed E-state index contributed by atoms with van der Waals surface area (Å²) in [5.41, 5.74) is 1.09. The van der Waals surface area contributed by atoms with E-state index >= 15 is 0 Å². The summed E-state index contributed by atoms with van der Waals surface area (Å²) in [5, 5.41) is 0.805. The van der Waals surface area contributed by atoms with Gasteiger partial charge in [0.2, 0.25) is 5.58 Å². The summed E-state index contributed by atoms with van der Waals surface area (Å²) in [6, 6.07) is 7.43. The predicted molar refractivity (Wildman–Crippen MR) is 119 cm³/mol.